The smallest absolute Gasteiger partial charge is 0.191 e. The van der Waals surface area contributed by atoms with Crippen LogP contribution in [0, 0.1) is 19.3 Å². The van der Waals surface area contributed by atoms with Crippen LogP contribution in [0.1, 0.15) is 69.9 Å². The van der Waals surface area contributed by atoms with Crippen LogP contribution in [0.15, 0.2) is 9.52 Å². The third-order valence-electron chi connectivity index (χ3n) is 6.16. The quantitative estimate of drug-likeness (QED) is 0.545. The van der Waals surface area contributed by atoms with Crippen molar-refractivity contribution in [2.45, 2.75) is 78.9 Å². The number of ether oxygens (including phenoxy) is 1. The van der Waals surface area contributed by atoms with Crippen molar-refractivity contribution in [3.05, 3.63) is 17.0 Å². The van der Waals surface area contributed by atoms with Gasteiger partial charge < -0.3 is 19.9 Å². The standard InChI is InChI=1S/C20H36N4O2/c1-8-20(9-2)16(11-17(20)25-10-3)23-19(21-7)22-12-13(4)18-14(5)24-26-15(18)6/h13,16-17H,8-12H2,1-7H3,(H2,21,22,23). The van der Waals surface area contributed by atoms with Crippen molar-refractivity contribution in [1.82, 2.24) is 15.8 Å². The molecular weight excluding hydrogens is 328 g/mol. The van der Waals surface area contributed by atoms with Crippen LogP contribution in [0.25, 0.3) is 0 Å². The van der Waals surface area contributed by atoms with Gasteiger partial charge >= 0.3 is 0 Å². The van der Waals surface area contributed by atoms with Crippen molar-refractivity contribution < 1.29 is 9.26 Å². The Labute approximate surface area is 158 Å². The lowest BCUT2D eigenvalue weighted by Crippen LogP contribution is -2.65. The van der Waals surface area contributed by atoms with Crippen LogP contribution in [-0.2, 0) is 4.74 Å². The van der Waals surface area contributed by atoms with Gasteiger partial charge in [-0.25, -0.2) is 0 Å². The van der Waals surface area contributed by atoms with E-state index >= 15 is 0 Å². The van der Waals surface area contributed by atoms with Gasteiger partial charge in [-0.1, -0.05) is 25.9 Å². The molecule has 3 atom stereocenters. The van der Waals surface area contributed by atoms with E-state index in [4.69, 9.17) is 9.26 Å². The molecular formula is C20H36N4O2. The van der Waals surface area contributed by atoms with E-state index in [9.17, 15) is 0 Å². The van der Waals surface area contributed by atoms with E-state index in [0.717, 1.165) is 49.8 Å². The Morgan fingerprint density at radius 3 is 2.54 bits per heavy atom. The number of nitrogens with one attached hydrogen (secondary N) is 2. The fraction of sp³-hybridized carbons (Fsp3) is 0.800. The molecule has 148 valence electrons. The molecule has 6 heteroatoms. The average Bonchev–Trinajstić information content (AvgIpc) is 2.96. The molecule has 1 aliphatic carbocycles. The first-order valence-corrected chi connectivity index (χ1v) is 9.94. The van der Waals surface area contributed by atoms with Crippen LogP contribution < -0.4 is 10.6 Å². The number of hydrogen-bond acceptors (Lipinski definition) is 4. The highest BCUT2D eigenvalue weighted by atomic mass is 16.5. The van der Waals surface area contributed by atoms with Crippen molar-refractivity contribution in [1.29, 1.82) is 0 Å². The first-order chi connectivity index (χ1) is 12.4. The van der Waals surface area contributed by atoms with E-state index in [1.165, 1.54) is 5.56 Å². The van der Waals surface area contributed by atoms with Gasteiger partial charge in [0.2, 0.25) is 0 Å². The summed E-state index contributed by atoms with van der Waals surface area (Å²) >= 11 is 0. The zero-order valence-corrected chi connectivity index (χ0v) is 17.5. The van der Waals surface area contributed by atoms with Gasteiger partial charge in [-0.3, -0.25) is 4.99 Å². The molecule has 0 aromatic carbocycles. The van der Waals surface area contributed by atoms with E-state index in [0.29, 0.717) is 18.1 Å². The minimum atomic E-state index is 0.195. The first kappa shape index (κ1) is 20.7. The Bertz CT molecular complexity index is 587. The van der Waals surface area contributed by atoms with Crippen LogP contribution >= 0.6 is 0 Å². The maximum atomic E-state index is 5.98. The van der Waals surface area contributed by atoms with Gasteiger partial charge in [0.05, 0.1) is 11.8 Å². The SMILES string of the molecule is CCOC1CC(NC(=NC)NCC(C)c2c(C)noc2C)C1(CC)CC. The van der Waals surface area contributed by atoms with Crippen molar-refractivity contribution in [2.24, 2.45) is 10.4 Å². The topological polar surface area (TPSA) is 71.7 Å². The fourth-order valence-electron chi connectivity index (χ4n) is 4.49. The lowest BCUT2D eigenvalue weighted by molar-refractivity contribution is -0.133. The molecule has 0 spiro atoms. The highest BCUT2D eigenvalue weighted by molar-refractivity contribution is 5.80. The normalized spacial score (nSPS) is 23.4. The number of nitrogens with zero attached hydrogens (tertiary/aromatic N) is 2. The largest absolute Gasteiger partial charge is 0.378 e. The lowest BCUT2D eigenvalue weighted by atomic mass is 9.58. The van der Waals surface area contributed by atoms with E-state index in [1.54, 1.807) is 0 Å². The van der Waals surface area contributed by atoms with Crippen molar-refractivity contribution in [3.8, 4) is 0 Å². The monoisotopic (exact) mass is 364 g/mol. The summed E-state index contributed by atoms with van der Waals surface area (Å²) in [6.07, 6.45) is 3.60. The third kappa shape index (κ3) is 3.90. The van der Waals surface area contributed by atoms with Gasteiger partial charge in [0.15, 0.2) is 5.96 Å². The number of aromatic nitrogens is 1. The maximum absolute atomic E-state index is 5.98. The summed E-state index contributed by atoms with van der Waals surface area (Å²) < 4.78 is 11.3. The summed E-state index contributed by atoms with van der Waals surface area (Å²) in [5, 5.41) is 11.2. The maximum Gasteiger partial charge on any atom is 0.191 e. The van der Waals surface area contributed by atoms with E-state index < -0.39 is 0 Å². The number of guanidine groups is 1. The fourth-order valence-corrected chi connectivity index (χ4v) is 4.49. The molecule has 6 nitrogen and oxygen atoms in total. The predicted octanol–water partition coefficient (Wildman–Crippen LogP) is 3.54. The van der Waals surface area contributed by atoms with E-state index in [-0.39, 0.29) is 5.41 Å². The molecule has 1 saturated carbocycles. The zero-order chi connectivity index (χ0) is 19.3. The first-order valence-electron chi connectivity index (χ1n) is 9.94. The number of aryl methyl sites for hydroxylation is 2. The number of rotatable bonds is 8. The summed E-state index contributed by atoms with van der Waals surface area (Å²) in [7, 11) is 1.83. The molecule has 0 amide bonds. The third-order valence-corrected chi connectivity index (χ3v) is 6.16. The molecule has 1 fully saturated rings. The van der Waals surface area contributed by atoms with Gasteiger partial charge in [-0.15, -0.1) is 0 Å². The Kier molecular flexibility index (Phi) is 7.09. The Hall–Kier alpha value is -1.56. The Morgan fingerprint density at radius 1 is 1.35 bits per heavy atom. The number of aliphatic imine (C=N–C) groups is 1. The molecule has 2 rings (SSSR count). The van der Waals surface area contributed by atoms with E-state index in [1.807, 2.05) is 20.9 Å². The van der Waals surface area contributed by atoms with Crippen LogP contribution in [0.4, 0.5) is 0 Å². The Morgan fingerprint density at radius 2 is 2.04 bits per heavy atom. The van der Waals surface area contributed by atoms with Gasteiger partial charge in [0, 0.05) is 43.1 Å². The highest BCUT2D eigenvalue weighted by Crippen LogP contribution is 2.48. The minimum absolute atomic E-state index is 0.195. The summed E-state index contributed by atoms with van der Waals surface area (Å²) in [6.45, 7) is 14.3. The van der Waals surface area contributed by atoms with Gasteiger partial charge in [-0.05, 0) is 40.0 Å². The van der Waals surface area contributed by atoms with Crippen LogP contribution in [0.3, 0.4) is 0 Å². The molecule has 0 saturated heterocycles. The van der Waals surface area contributed by atoms with Gasteiger partial charge in [-0.2, -0.15) is 0 Å². The van der Waals surface area contributed by atoms with Crippen molar-refractivity contribution >= 4 is 5.96 Å². The van der Waals surface area contributed by atoms with E-state index in [2.05, 4.69) is 48.5 Å². The molecule has 1 aromatic rings. The second-order valence-corrected chi connectivity index (χ2v) is 7.41. The highest BCUT2D eigenvalue weighted by Gasteiger charge is 2.53. The van der Waals surface area contributed by atoms with Gasteiger partial charge in [0.1, 0.15) is 5.76 Å². The van der Waals surface area contributed by atoms with Crippen LogP contribution in [-0.4, -0.2) is 43.5 Å². The average molecular weight is 365 g/mol. The van der Waals surface area contributed by atoms with Crippen LogP contribution in [0.2, 0.25) is 0 Å². The molecule has 1 aliphatic rings. The molecule has 1 aromatic heterocycles. The summed E-state index contributed by atoms with van der Waals surface area (Å²) in [4.78, 5) is 4.43. The molecule has 0 bridgehead atoms. The zero-order valence-electron chi connectivity index (χ0n) is 17.5. The summed E-state index contributed by atoms with van der Waals surface area (Å²) in [5.74, 6) is 2.06. The van der Waals surface area contributed by atoms with Crippen molar-refractivity contribution in [2.75, 3.05) is 20.2 Å². The van der Waals surface area contributed by atoms with Crippen LogP contribution in [0.5, 0.6) is 0 Å². The molecule has 1 heterocycles. The molecule has 26 heavy (non-hydrogen) atoms. The summed E-state index contributed by atoms with van der Waals surface area (Å²) in [5.41, 5.74) is 2.35. The van der Waals surface area contributed by atoms with Gasteiger partial charge in [0.25, 0.3) is 0 Å². The second kappa shape index (κ2) is 8.89. The molecule has 0 aliphatic heterocycles. The number of hydrogen-bond donors (Lipinski definition) is 2. The lowest BCUT2D eigenvalue weighted by Gasteiger charge is -2.55. The minimum Gasteiger partial charge on any atom is -0.378 e. The molecule has 3 unspecified atom stereocenters. The molecule has 0 radical (unpaired) electrons. The Balaban J connectivity index is 1.96. The molecule has 2 N–H and O–H groups in total. The second-order valence-electron chi connectivity index (χ2n) is 7.41. The predicted molar refractivity (Wildman–Crippen MR) is 106 cm³/mol. The summed E-state index contributed by atoms with van der Waals surface area (Å²) in [6, 6.07) is 0.398. The van der Waals surface area contributed by atoms with Crippen molar-refractivity contribution in [3.63, 3.8) is 0 Å².